The summed E-state index contributed by atoms with van der Waals surface area (Å²) in [5.74, 6) is 0. The zero-order chi connectivity index (χ0) is 9.12. The van der Waals surface area contributed by atoms with Gasteiger partial charge in [0.1, 0.15) is 0 Å². The summed E-state index contributed by atoms with van der Waals surface area (Å²) in [6.45, 7) is -0.998. The van der Waals surface area contributed by atoms with Gasteiger partial charge in [-0.1, -0.05) is 0 Å². The van der Waals surface area contributed by atoms with Crippen LogP contribution in [-0.4, -0.2) is 26.8 Å². The Kier molecular flexibility index (Phi) is 3.00. The highest BCUT2D eigenvalue weighted by atomic mass is 32.2. The second-order valence-electron chi connectivity index (χ2n) is 1.41. The summed E-state index contributed by atoms with van der Waals surface area (Å²) in [5.41, 5.74) is -5.37. The van der Waals surface area contributed by atoms with Crippen molar-refractivity contribution in [3.05, 3.63) is 0 Å². The van der Waals surface area contributed by atoms with Crippen LogP contribution in [-0.2, 0) is 14.8 Å². The van der Waals surface area contributed by atoms with Crippen molar-refractivity contribution in [1.82, 2.24) is 4.72 Å². The van der Waals surface area contributed by atoms with E-state index < -0.39 is 22.1 Å². The van der Waals surface area contributed by atoms with Crippen molar-refractivity contribution in [3.63, 3.8) is 0 Å². The van der Waals surface area contributed by atoms with Crippen LogP contribution in [0.25, 0.3) is 0 Å². The van der Waals surface area contributed by atoms with Crippen LogP contribution < -0.4 is 4.72 Å². The van der Waals surface area contributed by atoms with Crippen molar-refractivity contribution in [2.75, 3.05) is 6.54 Å². The molecule has 0 spiro atoms. The highest BCUT2D eigenvalue weighted by Gasteiger charge is 2.45. The standard InChI is InChI=1S/C3H3F3NO3S/c4-3(5,6)11(9,10)7-1-2-8/h7H,1H2. The molecule has 0 aliphatic heterocycles. The Hall–Kier alpha value is -0.630. The topological polar surface area (TPSA) is 63.2 Å². The van der Waals surface area contributed by atoms with Gasteiger partial charge in [-0.2, -0.15) is 17.9 Å². The molecule has 0 saturated heterocycles. The SMILES string of the molecule is O=[C]CNS(=O)(=O)C(F)(F)F. The average molecular weight is 190 g/mol. The second kappa shape index (κ2) is 3.18. The first-order valence-electron chi connectivity index (χ1n) is 2.22. The van der Waals surface area contributed by atoms with Gasteiger partial charge in [-0.05, 0) is 0 Å². The van der Waals surface area contributed by atoms with Gasteiger partial charge in [-0.3, -0.25) is 4.79 Å². The van der Waals surface area contributed by atoms with Crippen molar-refractivity contribution in [1.29, 1.82) is 0 Å². The molecule has 8 heteroatoms. The summed E-state index contributed by atoms with van der Waals surface area (Å²) in [5, 5.41) is 0. The molecule has 0 aromatic carbocycles. The number of hydrogen-bond acceptors (Lipinski definition) is 3. The third-order valence-corrected chi connectivity index (χ3v) is 1.77. The van der Waals surface area contributed by atoms with Crippen LogP contribution >= 0.6 is 0 Å². The molecule has 0 fully saturated rings. The third kappa shape index (κ3) is 2.85. The Balaban J connectivity index is 4.37. The normalized spacial score (nSPS) is 13.0. The molecule has 11 heavy (non-hydrogen) atoms. The fourth-order valence-corrected chi connectivity index (χ4v) is 0.619. The van der Waals surface area contributed by atoms with Crippen LogP contribution in [0.3, 0.4) is 0 Å². The summed E-state index contributed by atoms with van der Waals surface area (Å²) in [6.07, 6.45) is 0.956. The summed E-state index contributed by atoms with van der Waals surface area (Å²) < 4.78 is 55.1. The molecule has 0 aromatic rings. The Bertz CT molecular complexity index is 231. The van der Waals surface area contributed by atoms with Crippen molar-refractivity contribution in [2.45, 2.75) is 5.51 Å². The smallest absolute Gasteiger partial charge is 0.289 e. The van der Waals surface area contributed by atoms with E-state index in [1.165, 1.54) is 0 Å². The molecule has 0 amide bonds. The third-order valence-electron chi connectivity index (χ3n) is 0.639. The number of rotatable bonds is 3. The zero-order valence-corrected chi connectivity index (χ0v) is 5.79. The van der Waals surface area contributed by atoms with E-state index in [0.717, 1.165) is 11.0 Å². The molecule has 0 aliphatic rings. The van der Waals surface area contributed by atoms with Gasteiger partial charge in [-0.15, -0.1) is 0 Å². The van der Waals surface area contributed by atoms with E-state index >= 15 is 0 Å². The van der Waals surface area contributed by atoms with Crippen LogP contribution in [0.4, 0.5) is 13.2 Å². The Morgan fingerprint density at radius 1 is 1.36 bits per heavy atom. The monoisotopic (exact) mass is 190 g/mol. The van der Waals surface area contributed by atoms with E-state index in [9.17, 15) is 26.4 Å². The largest absolute Gasteiger partial charge is 0.511 e. The minimum absolute atomic E-state index is 0.956. The fraction of sp³-hybridized carbons (Fsp3) is 0.667. The number of carbonyl (C=O) groups excluding carboxylic acids is 1. The van der Waals surface area contributed by atoms with E-state index in [-0.39, 0.29) is 0 Å². The van der Waals surface area contributed by atoms with Gasteiger partial charge in [0.25, 0.3) is 0 Å². The molecule has 0 rings (SSSR count). The molecule has 4 nitrogen and oxygen atoms in total. The van der Waals surface area contributed by atoms with Crippen molar-refractivity contribution >= 4 is 16.3 Å². The van der Waals surface area contributed by atoms with E-state index in [1.807, 2.05) is 0 Å². The minimum Gasteiger partial charge on any atom is -0.289 e. The van der Waals surface area contributed by atoms with Gasteiger partial charge < -0.3 is 0 Å². The van der Waals surface area contributed by atoms with Gasteiger partial charge >= 0.3 is 15.5 Å². The lowest BCUT2D eigenvalue weighted by atomic mass is 10.8. The zero-order valence-electron chi connectivity index (χ0n) is 4.97. The van der Waals surface area contributed by atoms with Crippen molar-refractivity contribution in [3.8, 4) is 0 Å². The second-order valence-corrected chi connectivity index (χ2v) is 3.17. The summed E-state index contributed by atoms with van der Waals surface area (Å²) in [6, 6.07) is 0. The number of sulfonamides is 1. The van der Waals surface area contributed by atoms with E-state index in [1.54, 1.807) is 0 Å². The first-order chi connectivity index (χ1) is 4.81. The van der Waals surface area contributed by atoms with Crippen LogP contribution in [0.15, 0.2) is 0 Å². The molecule has 0 unspecified atom stereocenters. The molecule has 0 heterocycles. The van der Waals surface area contributed by atoms with E-state index in [4.69, 9.17) is 0 Å². The highest BCUT2D eigenvalue weighted by molar-refractivity contribution is 7.90. The molecule has 0 bridgehead atoms. The van der Waals surface area contributed by atoms with Gasteiger partial charge in [0.15, 0.2) is 0 Å². The number of alkyl halides is 3. The maximum Gasteiger partial charge on any atom is 0.511 e. The molecular formula is C3H3F3NO3S. The van der Waals surface area contributed by atoms with Crippen molar-refractivity contribution < 1.29 is 26.4 Å². The first kappa shape index (κ1) is 10.4. The van der Waals surface area contributed by atoms with Gasteiger partial charge in [0, 0.05) is 0 Å². The quantitative estimate of drug-likeness (QED) is 0.654. The average Bonchev–Trinajstić information content (AvgIpc) is 1.81. The van der Waals surface area contributed by atoms with Gasteiger partial charge in [-0.25, -0.2) is 8.42 Å². The number of nitrogens with one attached hydrogen (secondary N) is 1. The fourth-order valence-electron chi connectivity index (χ4n) is 0.206. The molecule has 0 saturated carbocycles. The van der Waals surface area contributed by atoms with E-state index in [2.05, 4.69) is 0 Å². The summed E-state index contributed by atoms with van der Waals surface area (Å²) >= 11 is 0. The van der Waals surface area contributed by atoms with Crippen LogP contribution in [0.5, 0.6) is 0 Å². The molecule has 1 radical (unpaired) electrons. The molecule has 0 aromatic heterocycles. The van der Waals surface area contributed by atoms with Gasteiger partial charge in [0.05, 0.1) is 6.54 Å². The Morgan fingerprint density at radius 3 is 2.09 bits per heavy atom. The van der Waals surface area contributed by atoms with E-state index in [0.29, 0.717) is 0 Å². The lowest BCUT2D eigenvalue weighted by Crippen LogP contribution is -2.37. The van der Waals surface area contributed by atoms with Crippen molar-refractivity contribution in [2.24, 2.45) is 0 Å². The van der Waals surface area contributed by atoms with Crippen LogP contribution in [0.1, 0.15) is 0 Å². The predicted molar refractivity (Wildman–Crippen MR) is 28.7 cm³/mol. The minimum atomic E-state index is -5.37. The first-order valence-corrected chi connectivity index (χ1v) is 3.70. The number of halogens is 3. The van der Waals surface area contributed by atoms with Crippen LogP contribution in [0.2, 0.25) is 0 Å². The summed E-state index contributed by atoms with van der Waals surface area (Å²) in [4.78, 5) is 9.36. The predicted octanol–water partition coefficient (Wildman–Crippen LogP) is -0.465. The molecule has 0 atom stereocenters. The van der Waals surface area contributed by atoms with Crippen LogP contribution in [0, 0.1) is 0 Å². The molecule has 65 valence electrons. The lowest BCUT2D eigenvalue weighted by molar-refractivity contribution is -0.0446. The molecule has 0 aliphatic carbocycles. The maximum atomic E-state index is 11.4. The maximum absolute atomic E-state index is 11.4. The Labute approximate surface area is 60.4 Å². The Morgan fingerprint density at radius 2 is 1.82 bits per heavy atom. The lowest BCUT2D eigenvalue weighted by Gasteiger charge is -2.05. The highest BCUT2D eigenvalue weighted by Crippen LogP contribution is 2.20. The van der Waals surface area contributed by atoms with Gasteiger partial charge in [0.2, 0.25) is 6.29 Å². The molecule has 1 N–H and O–H groups in total. The number of hydrogen-bond donors (Lipinski definition) is 1. The summed E-state index contributed by atoms with van der Waals surface area (Å²) in [7, 11) is -5.37. The molecular weight excluding hydrogens is 187 g/mol.